The molecule has 0 heterocycles. The van der Waals surface area contributed by atoms with Crippen LogP contribution in [0.1, 0.15) is 44.1 Å². The fraction of sp³-hybridized carbons (Fsp3) is 0.571. The molecule has 0 aromatic heterocycles. The van der Waals surface area contributed by atoms with E-state index < -0.39 is 21.8 Å². The summed E-state index contributed by atoms with van der Waals surface area (Å²) in [4.78, 5) is -0.332. The number of nitrogens with one attached hydrogen (secondary N) is 1. The monoisotopic (exact) mass is 321 g/mol. The highest BCUT2D eigenvalue weighted by Crippen LogP contribution is 2.30. The molecule has 7 heteroatoms. The second-order valence-corrected chi connectivity index (χ2v) is 7.05. The van der Waals surface area contributed by atoms with Crippen LogP contribution in [0.5, 0.6) is 0 Å². The average Bonchev–Trinajstić information content (AvgIpc) is 2.66. The highest BCUT2D eigenvalue weighted by molar-refractivity contribution is 7.89. The molecule has 1 aliphatic carbocycles. The summed E-state index contributed by atoms with van der Waals surface area (Å²) in [5.41, 5.74) is -0.953. The molecule has 1 aromatic carbocycles. The fourth-order valence-electron chi connectivity index (χ4n) is 2.52. The lowest BCUT2D eigenvalue weighted by atomic mass is 10.1. The molecular formula is C14H18F3NO2S. The SMILES string of the molecule is O=S(=O)(NC1CCCCCC1)c1cccc(C(F)(F)F)c1. The van der Waals surface area contributed by atoms with Crippen LogP contribution in [0.2, 0.25) is 0 Å². The number of hydrogen-bond acceptors (Lipinski definition) is 2. The van der Waals surface area contributed by atoms with Crippen molar-refractivity contribution in [3.05, 3.63) is 29.8 Å². The van der Waals surface area contributed by atoms with Gasteiger partial charge in [0.05, 0.1) is 10.5 Å². The maximum Gasteiger partial charge on any atom is 0.416 e. The van der Waals surface area contributed by atoms with E-state index in [-0.39, 0.29) is 10.9 Å². The van der Waals surface area contributed by atoms with E-state index in [1.807, 2.05) is 0 Å². The van der Waals surface area contributed by atoms with Gasteiger partial charge in [0.2, 0.25) is 10.0 Å². The van der Waals surface area contributed by atoms with Gasteiger partial charge < -0.3 is 0 Å². The molecule has 1 fully saturated rings. The molecule has 118 valence electrons. The van der Waals surface area contributed by atoms with Crippen molar-refractivity contribution in [2.75, 3.05) is 0 Å². The summed E-state index contributed by atoms with van der Waals surface area (Å²) in [6, 6.07) is 3.66. The molecule has 21 heavy (non-hydrogen) atoms. The Kier molecular flexibility index (Phi) is 4.93. The summed E-state index contributed by atoms with van der Waals surface area (Å²) in [5.74, 6) is 0. The van der Waals surface area contributed by atoms with Gasteiger partial charge in [0.1, 0.15) is 0 Å². The zero-order valence-corrected chi connectivity index (χ0v) is 12.3. The van der Waals surface area contributed by atoms with Crippen LogP contribution >= 0.6 is 0 Å². The van der Waals surface area contributed by atoms with Crippen LogP contribution in [0.4, 0.5) is 13.2 Å². The van der Waals surface area contributed by atoms with E-state index in [2.05, 4.69) is 4.72 Å². The Bertz CT molecular complexity index is 576. The molecule has 0 unspecified atom stereocenters. The molecule has 0 bridgehead atoms. The molecule has 0 aliphatic heterocycles. The van der Waals surface area contributed by atoms with Gasteiger partial charge >= 0.3 is 6.18 Å². The van der Waals surface area contributed by atoms with Crippen LogP contribution in [0.15, 0.2) is 29.2 Å². The molecule has 0 spiro atoms. The van der Waals surface area contributed by atoms with Crippen molar-refractivity contribution >= 4 is 10.0 Å². The summed E-state index contributed by atoms with van der Waals surface area (Å²) in [7, 11) is -3.91. The van der Waals surface area contributed by atoms with Gasteiger partial charge in [0.15, 0.2) is 0 Å². The van der Waals surface area contributed by atoms with Gasteiger partial charge in [0.25, 0.3) is 0 Å². The van der Waals surface area contributed by atoms with Crippen molar-refractivity contribution in [3.8, 4) is 0 Å². The standard InChI is InChI=1S/C14H18F3NO2S/c15-14(16,17)11-6-5-9-13(10-11)21(19,20)18-12-7-3-1-2-4-8-12/h5-6,9-10,12,18H,1-4,7-8H2. The van der Waals surface area contributed by atoms with E-state index in [4.69, 9.17) is 0 Å². The first-order chi connectivity index (χ1) is 9.79. The Labute approximate surface area is 122 Å². The normalized spacial score (nSPS) is 18.4. The van der Waals surface area contributed by atoms with E-state index in [0.717, 1.165) is 50.7 Å². The van der Waals surface area contributed by atoms with Gasteiger partial charge in [-0.15, -0.1) is 0 Å². The lowest BCUT2D eigenvalue weighted by Crippen LogP contribution is -2.34. The third kappa shape index (κ3) is 4.44. The smallest absolute Gasteiger partial charge is 0.208 e. The first kappa shape index (κ1) is 16.3. The predicted molar refractivity (Wildman–Crippen MR) is 73.3 cm³/mol. The first-order valence-electron chi connectivity index (χ1n) is 6.99. The van der Waals surface area contributed by atoms with Gasteiger partial charge in [0, 0.05) is 6.04 Å². The van der Waals surface area contributed by atoms with Crippen molar-refractivity contribution in [2.45, 2.75) is 55.6 Å². The molecular weight excluding hydrogens is 303 g/mol. The van der Waals surface area contributed by atoms with Crippen molar-refractivity contribution in [3.63, 3.8) is 0 Å². The minimum absolute atomic E-state index is 0.188. The second kappa shape index (κ2) is 6.36. The van der Waals surface area contributed by atoms with Crippen molar-refractivity contribution in [1.29, 1.82) is 0 Å². The highest BCUT2D eigenvalue weighted by Gasteiger charge is 2.32. The lowest BCUT2D eigenvalue weighted by Gasteiger charge is -2.17. The third-order valence-electron chi connectivity index (χ3n) is 3.65. The molecule has 0 saturated heterocycles. The summed E-state index contributed by atoms with van der Waals surface area (Å²) >= 11 is 0. The third-order valence-corrected chi connectivity index (χ3v) is 5.17. The Morgan fingerprint density at radius 2 is 1.67 bits per heavy atom. The number of benzene rings is 1. The van der Waals surface area contributed by atoms with Crippen LogP contribution < -0.4 is 4.72 Å². The number of sulfonamides is 1. The molecule has 1 saturated carbocycles. The minimum Gasteiger partial charge on any atom is -0.208 e. The van der Waals surface area contributed by atoms with Crippen molar-refractivity contribution < 1.29 is 21.6 Å². The van der Waals surface area contributed by atoms with E-state index in [1.54, 1.807) is 0 Å². The Balaban J connectivity index is 2.19. The summed E-state index contributed by atoms with van der Waals surface area (Å²) in [6.45, 7) is 0. The van der Waals surface area contributed by atoms with Crippen LogP contribution in [0.25, 0.3) is 0 Å². The minimum atomic E-state index is -4.55. The quantitative estimate of drug-likeness (QED) is 0.863. The van der Waals surface area contributed by atoms with E-state index in [0.29, 0.717) is 6.07 Å². The Morgan fingerprint density at radius 1 is 1.05 bits per heavy atom. The summed E-state index contributed by atoms with van der Waals surface area (Å²) in [6.07, 6.45) is 0.944. The van der Waals surface area contributed by atoms with E-state index >= 15 is 0 Å². The number of rotatable bonds is 3. The maximum atomic E-state index is 12.7. The van der Waals surface area contributed by atoms with Gasteiger partial charge in [-0.25, -0.2) is 13.1 Å². The van der Waals surface area contributed by atoms with Crippen molar-refractivity contribution in [1.82, 2.24) is 4.72 Å². The van der Waals surface area contributed by atoms with E-state index in [1.165, 1.54) is 6.07 Å². The zero-order valence-electron chi connectivity index (χ0n) is 11.5. The molecule has 3 nitrogen and oxygen atoms in total. The number of alkyl halides is 3. The molecule has 0 amide bonds. The number of halogens is 3. The first-order valence-corrected chi connectivity index (χ1v) is 8.47. The summed E-state index contributed by atoms with van der Waals surface area (Å²) in [5, 5.41) is 0. The van der Waals surface area contributed by atoms with E-state index in [9.17, 15) is 21.6 Å². The highest BCUT2D eigenvalue weighted by atomic mass is 32.2. The molecule has 2 rings (SSSR count). The Hall–Kier alpha value is -1.08. The molecule has 1 N–H and O–H groups in total. The van der Waals surface area contributed by atoms with Gasteiger partial charge in [-0.05, 0) is 31.0 Å². The molecule has 0 radical (unpaired) electrons. The second-order valence-electron chi connectivity index (χ2n) is 5.34. The molecule has 1 aliphatic rings. The predicted octanol–water partition coefficient (Wildman–Crippen LogP) is 3.71. The van der Waals surface area contributed by atoms with Gasteiger partial charge in [-0.1, -0.05) is 31.7 Å². The topological polar surface area (TPSA) is 46.2 Å². The van der Waals surface area contributed by atoms with Crippen LogP contribution in [-0.4, -0.2) is 14.5 Å². The number of hydrogen-bond donors (Lipinski definition) is 1. The van der Waals surface area contributed by atoms with Crippen molar-refractivity contribution in [2.24, 2.45) is 0 Å². The average molecular weight is 321 g/mol. The van der Waals surface area contributed by atoms with Crippen LogP contribution in [0, 0.1) is 0 Å². The molecule has 0 atom stereocenters. The van der Waals surface area contributed by atoms with Gasteiger partial charge in [-0.2, -0.15) is 13.2 Å². The van der Waals surface area contributed by atoms with Gasteiger partial charge in [-0.3, -0.25) is 0 Å². The maximum absolute atomic E-state index is 12.7. The lowest BCUT2D eigenvalue weighted by molar-refractivity contribution is -0.137. The fourth-order valence-corrected chi connectivity index (χ4v) is 3.87. The largest absolute Gasteiger partial charge is 0.416 e. The Morgan fingerprint density at radius 3 is 2.24 bits per heavy atom. The van der Waals surface area contributed by atoms with Crippen LogP contribution in [-0.2, 0) is 16.2 Å². The zero-order chi connectivity index (χ0) is 15.5. The van der Waals surface area contributed by atoms with Crippen LogP contribution in [0.3, 0.4) is 0 Å². The molecule has 1 aromatic rings. The summed E-state index contributed by atoms with van der Waals surface area (Å²) < 4.78 is 64.9.